The van der Waals surface area contributed by atoms with Crippen LogP contribution in [0.3, 0.4) is 0 Å². The fourth-order valence-electron chi connectivity index (χ4n) is 2.79. The molecule has 126 valence electrons. The van der Waals surface area contributed by atoms with Crippen LogP contribution in [0.25, 0.3) is 0 Å². The number of aromatic nitrogens is 1. The number of nitriles is 1. The standard InChI is InChI=1S/C18H16N4O2S/c1-20-14-7-3-4-8-15(14)21(2)18(20)13(11-19)16(23)12-25-17-9-5-6-10-22(17)24/h3-10H,12H2,1-2H3. The normalized spacial score (nSPS) is 12.8. The Morgan fingerprint density at radius 3 is 2.32 bits per heavy atom. The maximum Gasteiger partial charge on any atom is 0.251 e. The minimum Gasteiger partial charge on any atom is -0.618 e. The van der Waals surface area contributed by atoms with Gasteiger partial charge in [0.2, 0.25) is 0 Å². The number of anilines is 2. The molecule has 1 aromatic heterocycles. The van der Waals surface area contributed by atoms with Crippen molar-refractivity contribution in [2.75, 3.05) is 29.6 Å². The number of para-hydroxylation sites is 2. The number of allylic oxidation sites excluding steroid dienone is 1. The van der Waals surface area contributed by atoms with Crippen LogP contribution in [0.2, 0.25) is 0 Å². The lowest BCUT2D eigenvalue weighted by Gasteiger charge is -2.19. The van der Waals surface area contributed by atoms with Crippen molar-refractivity contribution in [3.8, 4) is 6.07 Å². The summed E-state index contributed by atoms with van der Waals surface area (Å²) < 4.78 is 0.709. The number of thioether (sulfide) groups is 1. The van der Waals surface area contributed by atoms with E-state index in [1.165, 1.54) is 6.20 Å². The van der Waals surface area contributed by atoms with Crippen LogP contribution in [0, 0.1) is 16.5 Å². The second kappa shape index (κ2) is 6.87. The molecule has 0 aliphatic carbocycles. The predicted molar refractivity (Wildman–Crippen MR) is 97.0 cm³/mol. The van der Waals surface area contributed by atoms with Gasteiger partial charge in [0.25, 0.3) is 5.03 Å². The van der Waals surface area contributed by atoms with E-state index in [4.69, 9.17) is 0 Å². The van der Waals surface area contributed by atoms with Crippen molar-refractivity contribution in [3.05, 3.63) is 65.3 Å². The SMILES string of the molecule is CN1C(=C(C#N)C(=O)CSc2cccc[n+]2[O-])N(C)c2ccccc21. The highest BCUT2D eigenvalue weighted by molar-refractivity contribution is 7.99. The highest BCUT2D eigenvalue weighted by Crippen LogP contribution is 2.40. The van der Waals surface area contributed by atoms with Crippen molar-refractivity contribution in [1.29, 1.82) is 5.26 Å². The summed E-state index contributed by atoms with van der Waals surface area (Å²) in [6, 6.07) is 14.8. The van der Waals surface area contributed by atoms with E-state index in [1.54, 1.807) is 18.2 Å². The van der Waals surface area contributed by atoms with Crippen LogP contribution < -0.4 is 14.5 Å². The zero-order valence-corrected chi connectivity index (χ0v) is 14.7. The molecule has 0 saturated carbocycles. The van der Waals surface area contributed by atoms with Crippen LogP contribution in [0.4, 0.5) is 11.4 Å². The van der Waals surface area contributed by atoms with Gasteiger partial charge in [-0.1, -0.05) is 12.1 Å². The molecule has 0 atom stereocenters. The summed E-state index contributed by atoms with van der Waals surface area (Å²) in [6.07, 6.45) is 1.38. The van der Waals surface area contributed by atoms with E-state index in [0.717, 1.165) is 23.1 Å². The van der Waals surface area contributed by atoms with Gasteiger partial charge in [-0.25, -0.2) is 0 Å². The first-order chi connectivity index (χ1) is 12.0. The second-order valence-electron chi connectivity index (χ2n) is 5.49. The number of carbonyl (C=O) groups is 1. The van der Waals surface area contributed by atoms with Gasteiger partial charge in [-0.3, -0.25) is 4.79 Å². The fraction of sp³-hybridized carbons (Fsp3) is 0.167. The lowest BCUT2D eigenvalue weighted by atomic mass is 10.2. The molecule has 1 aliphatic heterocycles. The molecular weight excluding hydrogens is 336 g/mol. The van der Waals surface area contributed by atoms with Crippen molar-refractivity contribution in [2.45, 2.75) is 5.03 Å². The van der Waals surface area contributed by atoms with Crippen molar-refractivity contribution in [1.82, 2.24) is 0 Å². The largest absolute Gasteiger partial charge is 0.618 e. The summed E-state index contributed by atoms with van der Waals surface area (Å²) in [5.41, 5.74) is 1.96. The summed E-state index contributed by atoms with van der Waals surface area (Å²) in [5, 5.41) is 21.7. The number of carbonyl (C=O) groups excluding carboxylic acids is 1. The van der Waals surface area contributed by atoms with E-state index >= 15 is 0 Å². The average Bonchev–Trinajstić information content (AvgIpc) is 2.87. The molecule has 0 fully saturated rings. The molecule has 3 rings (SSSR count). The zero-order valence-electron chi connectivity index (χ0n) is 13.8. The topological polar surface area (TPSA) is 74.3 Å². The zero-order chi connectivity index (χ0) is 18.0. The average molecular weight is 352 g/mol. The van der Waals surface area contributed by atoms with Crippen molar-refractivity contribution >= 4 is 28.9 Å². The third-order valence-electron chi connectivity index (χ3n) is 3.99. The number of benzene rings is 1. The molecule has 0 amide bonds. The Morgan fingerprint density at radius 2 is 1.76 bits per heavy atom. The molecular formula is C18H16N4O2S. The van der Waals surface area contributed by atoms with Crippen LogP contribution in [-0.4, -0.2) is 25.6 Å². The minimum atomic E-state index is -0.308. The highest BCUT2D eigenvalue weighted by Gasteiger charge is 2.31. The van der Waals surface area contributed by atoms with Gasteiger partial charge in [-0.15, -0.1) is 0 Å². The smallest absolute Gasteiger partial charge is 0.251 e. The molecule has 0 unspecified atom stereocenters. The summed E-state index contributed by atoms with van der Waals surface area (Å²) in [5.74, 6) is 0.270. The molecule has 1 aliphatic rings. The highest BCUT2D eigenvalue weighted by atomic mass is 32.2. The van der Waals surface area contributed by atoms with Crippen LogP contribution in [0.15, 0.2) is 65.1 Å². The van der Waals surface area contributed by atoms with Crippen LogP contribution >= 0.6 is 11.8 Å². The van der Waals surface area contributed by atoms with E-state index in [1.807, 2.05) is 54.2 Å². The monoisotopic (exact) mass is 352 g/mol. The van der Waals surface area contributed by atoms with Gasteiger partial charge in [-0.05, 0) is 30.0 Å². The molecule has 6 nitrogen and oxygen atoms in total. The Labute approximate surface area is 150 Å². The molecule has 2 aromatic rings. The number of ketones is 1. The fourth-order valence-corrected chi connectivity index (χ4v) is 3.58. The molecule has 1 aromatic carbocycles. The first kappa shape index (κ1) is 16.9. The second-order valence-corrected chi connectivity index (χ2v) is 6.49. The summed E-state index contributed by atoms with van der Waals surface area (Å²) in [4.78, 5) is 16.3. The first-order valence-electron chi connectivity index (χ1n) is 7.59. The number of hydrogen-bond acceptors (Lipinski definition) is 6. The van der Waals surface area contributed by atoms with Crippen molar-refractivity contribution in [2.24, 2.45) is 0 Å². The Bertz CT molecular complexity index is 873. The van der Waals surface area contributed by atoms with Gasteiger partial charge in [-0.2, -0.15) is 9.99 Å². The number of nitrogens with zero attached hydrogens (tertiary/aromatic N) is 4. The molecule has 7 heteroatoms. The molecule has 0 spiro atoms. The minimum absolute atomic E-state index is 0.0245. The molecule has 0 saturated heterocycles. The Kier molecular flexibility index (Phi) is 4.63. The van der Waals surface area contributed by atoms with E-state index in [-0.39, 0.29) is 17.1 Å². The van der Waals surface area contributed by atoms with Gasteiger partial charge in [0, 0.05) is 26.2 Å². The number of Topliss-reactive ketones (excluding diaryl/α,β-unsaturated/α-hetero) is 1. The van der Waals surface area contributed by atoms with E-state index in [2.05, 4.69) is 0 Å². The first-order valence-corrected chi connectivity index (χ1v) is 8.58. The van der Waals surface area contributed by atoms with Gasteiger partial charge >= 0.3 is 0 Å². The quantitative estimate of drug-likeness (QED) is 0.276. The maximum atomic E-state index is 12.6. The lowest BCUT2D eigenvalue weighted by Crippen LogP contribution is -2.29. The van der Waals surface area contributed by atoms with Gasteiger partial charge < -0.3 is 15.0 Å². The lowest BCUT2D eigenvalue weighted by molar-refractivity contribution is -0.645. The van der Waals surface area contributed by atoms with E-state index < -0.39 is 0 Å². The summed E-state index contributed by atoms with van der Waals surface area (Å²) in [6.45, 7) is 0. The van der Waals surface area contributed by atoms with Gasteiger partial charge in [0.15, 0.2) is 12.0 Å². The Morgan fingerprint density at radius 1 is 1.16 bits per heavy atom. The van der Waals surface area contributed by atoms with Gasteiger partial charge in [0.1, 0.15) is 17.5 Å². The van der Waals surface area contributed by atoms with Gasteiger partial charge in [0.05, 0.1) is 17.1 Å². The predicted octanol–water partition coefficient (Wildman–Crippen LogP) is 2.30. The van der Waals surface area contributed by atoms with E-state index in [0.29, 0.717) is 15.6 Å². The molecule has 2 heterocycles. The summed E-state index contributed by atoms with van der Waals surface area (Å²) >= 11 is 1.12. The third-order valence-corrected chi connectivity index (χ3v) is 5.01. The van der Waals surface area contributed by atoms with E-state index in [9.17, 15) is 15.3 Å². The third kappa shape index (κ3) is 3.04. The molecule has 0 radical (unpaired) electrons. The Balaban J connectivity index is 1.87. The van der Waals surface area contributed by atoms with Crippen molar-refractivity contribution < 1.29 is 9.52 Å². The van der Waals surface area contributed by atoms with Crippen LogP contribution in [-0.2, 0) is 4.79 Å². The molecule has 0 N–H and O–H groups in total. The number of rotatable bonds is 4. The van der Waals surface area contributed by atoms with Crippen molar-refractivity contribution in [3.63, 3.8) is 0 Å². The number of hydrogen-bond donors (Lipinski definition) is 0. The van der Waals surface area contributed by atoms with Crippen LogP contribution in [0.1, 0.15) is 0 Å². The molecule has 0 bridgehead atoms. The molecule has 25 heavy (non-hydrogen) atoms. The van der Waals surface area contributed by atoms with Crippen LogP contribution in [0.5, 0.6) is 0 Å². The number of pyridine rings is 1. The Hall–Kier alpha value is -2.98. The maximum absolute atomic E-state index is 12.6. The summed E-state index contributed by atoms with van der Waals surface area (Å²) in [7, 11) is 3.66. The number of fused-ring (bicyclic) bond motifs is 1.